The second kappa shape index (κ2) is 4.98. The molecule has 0 fully saturated rings. The molecule has 3 rings (SSSR count). The molecule has 19 heavy (non-hydrogen) atoms. The van der Waals surface area contributed by atoms with Crippen LogP contribution in [0.25, 0.3) is 11.2 Å². The summed E-state index contributed by atoms with van der Waals surface area (Å²) in [6.07, 6.45) is 3.80. The number of hydrogen-bond acceptors (Lipinski definition) is 3. The molecule has 3 nitrogen and oxygen atoms in total. The topological polar surface area (TPSA) is 30.7 Å². The van der Waals surface area contributed by atoms with E-state index in [1.54, 1.807) is 18.1 Å². The minimum atomic E-state index is 0.765. The lowest BCUT2D eigenvalue weighted by atomic mass is 10.2. The fourth-order valence-corrected chi connectivity index (χ4v) is 3.06. The van der Waals surface area contributed by atoms with Crippen LogP contribution in [-0.4, -0.2) is 13.9 Å². The van der Waals surface area contributed by atoms with Gasteiger partial charge in [-0.2, -0.15) is 0 Å². The molecule has 0 radical (unpaired) electrons. The van der Waals surface area contributed by atoms with Gasteiger partial charge in [-0.3, -0.25) is 3.97 Å². The largest absolute Gasteiger partial charge is 0.269 e. The molecule has 0 bridgehead atoms. The van der Waals surface area contributed by atoms with Crippen LogP contribution in [0.3, 0.4) is 0 Å². The van der Waals surface area contributed by atoms with Crippen LogP contribution >= 0.6 is 27.9 Å². The Balaban J connectivity index is 2.03. The van der Waals surface area contributed by atoms with Crippen molar-refractivity contribution < 1.29 is 0 Å². The van der Waals surface area contributed by atoms with Gasteiger partial charge < -0.3 is 0 Å². The Morgan fingerprint density at radius 3 is 2.63 bits per heavy atom. The van der Waals surface area contributed by atoms with Gasteiger partial charge in [0.25, 0.3) is 0 Å². The maximum atomic E-state index is 4.47. The lowest BCUT2D eigenvalue weighted by molar-refractivity contribution is 1.19. The van der Waals surface area contributed by atoms with Gasteiger partial charge in [-0.15, -0.1) is 0 Å². The maximum Gasteiger partial charge on any atom is 0.169 e. The summed E-state index contributed by atoms with van der Waals surface area (Å²) in [5.41, 5.74) is 4.23. The number of hydrogen-bond donors (Lipinski definition) is 0. The summed E-state index contributed by atoms with van der Waals surface area (Å²) >= 11 is 5.01. The number of aromatic nitrogens is 3. The van der Waals surface area contributed by atoms with Gasteiger partial charge in [0, 0.05) is 11.1 Å². The third-order valence-electron chi connectivity index (χ3n) is 2.84. The van der Waals surface area contributed by atoms with E-state index in [4.69, 9.17) is 0 Å². The highest BCUT2D eigenvalue weighted by molar-refractivity contribution is 9.10. The minimum absolute atomic E-state index is 0.765. The van der Waals surface area contributed by atoms with E-state index in [0.717, 1.165) is 21.3 Å². The zero-order valence-electron chi connectivity index (χ0n) is 10.6. The predicted octanol–water partition coefficient (Wildman–Crippen LogP) is 4.37. The number of halogens is 1. The minimum Gasteiger partial charge on any atom is -0.269 e. The van der Waals surface area contributed by atoms with Gasteiger partial charge in [-0.25, -0.2) is 9.97 Å². The van der Waals surface area contributed by atoms with Gasteiger partial charge in [-0.1, -0.05) is 17.7 Å². The van der Waals surface area contributed by atoms with Crippen LogP contribution in [0.2, 0.25) is 0 Å². The Kier molecular flexibility index (Phi) is 3.33. The average molecular weight is 334 g/mol. The van der Waals surface area contributed by atoms with Crippen LogP contribution in [0, 0.1) is 13.8 Å². The zero-order chi connectivity index (χ0) is 13.4. The van der Waals surface area contributed by atoms with Crippen molar-refractivity contribution in [2.24, 2.45) is 0 Å². The molecule has 0 amide bonds. The fourth-order valence-electron chi connectivity index (χ4n) is 1.87. The van der Waals surface area contributed by atoms with E-state index in [1.165, 1.54) is 10.5 Å². The fraction of sp³-hybridized carbons (Fsp3) is 0.143. The molecule has 96 valence electrons. The van der Waals surface area contributed by atoms with Gasteiger partial charge >= 0.3 is 0 Å². The van der Waals surface area contributed by atoms with Gasteiger partial charge in [0.1, 0.15) is 10.1 Å². The monoisotopic (exact) mass is 333 g/mol. The third kappa shape index (κ3) is 2.53. The van der Waals surface area contributed by atoms with Gasteiger partial charge in [0.05, 0.1) is 6.20 Å². The Hall–Kier alpha value is -1.33. The molecule has 0 unspecified atom stereocenters. The second-order valence-electron chi connectivity index (χ2n) is 4.41. The molecule has 2 heterocycles. The highest BCUT2D eigenvalue weighted by Crippen LogP contribution is 2.27. The van der Waals surface area contributed by atoms with E-state index in [2.05, 4.69) is 74.2 Å². The van der Waals surface area contributed by atoms with E-state index >= 15 is 0 Å². The number of rotatable bonds is 2. The summed E-state index contributed by atoms with van der Waals surface area (Å²) in [7, 11) is 0. The van der Waals surface area contributed by atoms with E-state index in [1.807, 2.05) is 0 Å². The summed E-state index contributed by atoms with van der Waals surface area (Å²) < 4.78 is 2.83. The summed E-state index contributed by atoms with van der Waals surface area (Å²) in [4.78, 5) is 10.1. The lowest BCUT2D eigenvalue weighted by Crippen LogP contribution is -1.89. The highest BCUT2D eigenvalue weighted by Gasteiger charge is 2.09. The average Bonchev–Trinajstić information content (AvgIpc) is 2.69. The molecule has 0 saturated carbocycles. The van der Waals surface area contributed by atoms with Crippen LogP contribution in [-0.2, 0) is 0 Å². The molecule has 0 aliphatic carbocycles. The summed E-state index contributed by atoms with van der Waals surface area (Å²) in [5, 5.41) is 0. The third-order valence-corrected chi connectivity index (χ3v) is 4.18. The van der Waals surface area contributed by atoms with Crippen molar-refractivity contribution in [3.63, 3.8) is 0 Å². The molecule has 5 heteroatoms. The molecule has 0 atom stereocenters. The molecular formula is C14H12BrN3S. The quantitative estimate of drug-likeness (QED) is 0.697. The van der Waals surface area contributed by atoms with Crippen molar-refractivity contribution in [3.8, 4) is 0 Å². The summed E-state index contributed by atoms with van der Waals surface area (Å²) in [6.45, 7) is 4.14. The van der Waals surface area contributed by atoms with Crippen molar-refractivity contribution in [2.75, 3.05) is 0 Å². The molecule has 3 aromatic rings. The smallest absolute Gasteiger partial charge is 0.169 e. The van der Waals surface area contributed by atoms with Gasteiger partial charge in [0.2, 0.25) is 0 Å². The van der Waals surface area contributed by atoms with E-state index in [0.29, 0.717) is 0 Å². The maximum absolute atomic E-state index is 4.47. The van der Waals surface area contributed by atoms with Crippen LogP contribution in [0.4, 0.5) is 0 Å². The molecular weight excluding hydrogens is 322 g/mol. The van der Waals surface area contributed by atoms with Gasteiger partial charge in [-0.05, 0) is 59.4 Å². The van der Waals surface area contributed by atoms with E-state index < -0.39 is 0 Å². The number of nitrogens with zero attached hydrogens (tertiary/aromatic N) is 3. The molecule has 2 aromatic heterocycles. The van der Waals surface area contributed by atoms with Crippen molar-refractivity contribution >= 4 is 39.0 Å². The normalized spacial score (nSPS) is 11.1. The van der Waals surface area contributed by atoms with Crippen molar-refractivity contribution in [2.45, 2.75) is 18.7 Å². The molecule has 0 aliphatic rings. The molecule has 0 N–H and O–H groups in total. The van der Waals surface area contributed by atoms with Crippen molar-refractivity contribution in [1.82, 2.24) is 13.9 Å². The number of fused-ring (bicyclic) bond motifs is 1. The second-order valence-corrected chi connectivity index (χ2v) is 6.27. The van der Waals surface area contributed by atoms with Crippen LogP contribution < -0.4 is 0 Å². The highest BCUT2D eigenvalue weighted by atomic mass is 79.9. The molecule has 0 saturated heterocycles. The summed E-state index contributed by atoms with van der Waals surface area (Å²) in [6, 6.07) is 8.47. The lowest BCUT2D eigenvalue weighted by Gasteiger charge is -2.03. The first kappa shape index (κ1) is 12.7. The predicted molar refractivity (Wildman–Crippen MR) is 82.4 cm³/mol. The van der Waals surface area contributed by atoms with E-state index in [-0.39, 0.29) is 0 Å². The molecule has 1 aromatic carbocycles. The summed E-state index contributed by atoms with van der Waals surface area (Å²) in [5.74, 6) is 0. The zero-order valence-corrected chi connectivity index (χ0v) is 13.0. The standard InChI is InChI=1S/C14H12BrN3S/c1-9-3-5-11(6-4-9)19-18-8-10(2)13-14(18)16-7-12(15)17-13/h3-8H,1-2H3. The Labute approximate surface area is 124 Å². The Morgan fingerprint density at radius 1 is 1.16 bits per heavy atom. The first-order valence-electron chi connectivity index (χ1n) is 5.89. The molecule has 0 aliphatic heterocycles. The molecule has 0 spiro atoms. The van der Waals surface area contributed by atoms with E-state index in [9.17, 15) is 0 Å². The Bertz CT molecular complexity index is 734. The van der Waals surface area contributed by atoms with Gasteiger partial charge in [0.15, 0.2) is 5.65 Å². The van der Waals surface area contributed by atoms with Crippen LogP contribution in [0.1, 0.15) is 11.1 Å². The first-order valence-corrected chi connectivity index (χ1v) is 7.45. The SMILES string of the molecule is Cc1ccc(Sn2cc(C)c3nc(Br)cnc32)cc1. The van der Waals surface area contributed by atoms with Crippen molar-refractivity contribution in [3.05, 3.63) is 52.4 Å². The van der Waals surface area contributed by atoms with Crippen LogP contribution in [0.15, 0.2) is 46.2 Å². The number of benzene rings is 1. The van der Waals surface area contributed by atoms with Crippen molar-refractivity contribution in [1.29, 1.82) is 0 Å². The van der Waals surface area contributed by atoms with Crippen LogP contribution in [0.5, 0.6) is 0 Å². The number of aryl methyl sites for hydroxylation is 2. The first-order chi connectivity index (χ1) is 9.13. The Morgan fingerprint density at radius 2 is 1.89 bits per heavy atom.